The summed E-state index contributed by atoms with van der Waals surface area (Å²) >= 11 is 1.33. The second kappa shape index (κ2) is 8.04. The lowest BCUT2D eigenvalue weighted by atomic mass is 10.2. The summed E-state index contributed by atoms with van der Waals surface area (Å²) in [6, 6.07) is 5.71. The van der Waals surface area contributed by atoms with Crippen LogP contribution in [0.4, 0.5) is 0 Å². The third-order valence-electron chi connectivity index (χ3n) is 5.22. The minimum atomic E-state index is -3.55. The van der Waals surface area contributed by atoms with E-state index in [0.29, 0.717) is 42.3 Å². The number of carbonyl (C=O) groups is 1. The lowest BCUT2D eigenvalue weighted by Crippen LogP contribution is -2.51. The van der Waals surface area contributed by atoms with Crippen LogP contribution in [0, 0.1) is 13.8 Å². The number of hydrogen-bond acceptors (Lipinski definition) is 7. The van der Waals surface area contributed by atoms with E-state index in [4.69, 9.17) is 0 Å². The number of rotatable bonds is 6. The molecule has 2 aliphatic rings. The first kappa shape index (κ1) is 20.3. The highest BCUT2D eigenvalue weighted by Crippen LogP contribution is 2.36. The second-order valence-electron chi connectivity index (χ2n) is 7.48. The van der Waals surface area contributed by atoms with E-state index < -0.39 is 10.0 Å². The normalized spacial score (nSPS) is 18.2. The molecular formula is C18H24N6O3S2. The van der Waals surface area contributed by atoms with Gasteiger partial charge in [-0.25, -0.2) is 13.1 Å². The van der Waals surface area contributed by atoms with E-state index in [2.05, 4.69) is 15.5 Å². The molecule has 0 unspecified atom stereocenters. The van der Waals surface area contributed by atoms with Crippen molar-refractivity contribution in [3.8, 4) is 0 Å². The number of aryl methyl sites for hydroxylation is 2. The molecule has 0 spiro atoms. The first-order chi connectivity index (χ1) is 13.9. The van der Waals surface area contributed by atoms with Gasteiger partial charge in [-0.3, -0.25) is 4.79 Å². The third kappa shape index (κ3) is 4.31. The molecular weight excluding hydrogens is 412 g/mol. The van der Waals surface area contributed by atoms with Gasteiger partial charge in [0, 0.05) is 26.2 Å². The van der Waals surface area contributed by atoms with Crippen LogP contribution in [-0.2, 0) is 14.8 Å². The van der Waals surface area contributed by atoms with Crippen molar-refractivity contribution in [3.05, 3.63) is 29.3 Å². The molecule has 0 atom stereocenters. The molecule has 1 saturated carbocycles. The van der Waals surface area contributed by atoms with E-state index in [1.807, 2.05) is 26.0 Å². The van der Waals surface area contributed by atoms with Crippen LogP contribution in [0.1, 0.15) is 30.0 Å². The highest BCUT2D eigenvalue weighted by Gasteiger charge is 2.32. The van der Waals surface area contributed by atoms with Crippen LogP contribution >= 0.6 is 11.8 Å². The Morgan fingerprint density at radius 2 is 1.90 bits per heavy atom. The van der Waals surface area contributed by atoms with Crippen molar-refractivity contribution < 1.29 is 13.2 Å². The van der Waals surface area contributed by atoms with Crippen LogP contribution < -0.4 is 0 Å². The molecule has 1 saturated heterocycles. The van der Waals surface area contributed by atoms with Crippen molar-refractivity contribution in [3.63, 3.8) is 0 Å². The molecule has 4 rings (SSSR count). The van der Waals surface area contributed by atoms with E-state index >= 15 is 0 Å². The fourth-order valence-electron chi connectivity index (χ4n) is 3.45. The Kier molecular flexibility index (Phi) is 5.63. The molecule has 1 aromatic carbocycles. The molecule has 11 heteroatoms. The quantitative estimate of drug-likeness (QED) is 0.628. The van der Waals surface area contributed by atoms with Crippen molar-refractivity contribution in [1.29, 1.82) is 0 Å². The first-order valence-electron chi connectivity index (χ1n) is 9.62. The molecule has 0 bridgehead atoms. The fraction of sp³-hybridized carbons (Fsp3) is 0.556. The van der Waals surface area contributed by atoms with E-state index in [0.717, 1.165) is 24.0 Å². The monoisotopic (exact) mass is 436 g/mol. The number of amides is 1. The van der Waals surface area contributed by atoms with Gasteiger partial charge in [0.05, 0.1) is 16.7 Å². The number of aromatic nitrogens is 4. The van der Waals surface area contributed by atoms with E-state index in [1.165, 1.54) is 16.1 Å². The Morgan fingerprint density at radius 3 is 2.55 bits per heavy atom. The summed E-state index contributed by atoms with van der Waals surface area (Å²) in [7, 11) is -3.55. The maximum absolute atomic E-state index is 13.0. The highest BCUT2D eigenvalue weighted by molar-refractivity contribution is 7.99. The van der Waals surface area contributed by atoms with Gasteiger partial charge in [-0.1, -0.05) is 29.5 Å². The van der Waals surface area contributed by atoms with Gasteiger partial charge in [0.25, 0.3) is 0 Å². The number of benzene rings is 1. The molecule has 0 N–H and O–H groups in total. The molecule has 2 aromatic rings. The summed E-state index contributed by atoms with van der Waals surface area (Å²) in [5, 5.41) is 12.3. The number of carbonyl (C=O) groups excluding carboxylic acids is 1. The third-order valence-corrected chi connectivity index (χ3v) is 8.20. The zero-order valence-corrected chi connectivity index (χ0v) is 18.1. The van der Waals surface area contributed by atoms with Crippen LogP contribution in [0.3, 0.4) is 0 Å². The van der Waals surface area contributed by atoms with Crippen molar-refractivity contribution >= 4 is 27.7 Å². The number of tetrazole rings is 1. The molecule has 2 heterocycles. The number of hydrogen-bond donors (Lipinski definition) is 0. The first-order valence-corrected chi connectivity index (χ1v) is 12.0. The smallest absolute Gasteiger partial charge is 0.243 e. The standard InChI is InChI=1S/C18H24N6O3S2/c1-13-3-6-16(14(2)11-13)29(26,27)23-9-7-22(8-10-23)17(25)12-28-18-19-20-21-24(18)15-4-5-15/h3,6,11,15H,4-5,7-10,12H2,1-2H3. The topological polar surface area (TPSA) is 101 Å². The van der Waals surface area contributed by atoms with Gasteiger partial charge < -0.3 is 4.90 Å². The highest BCUT2D eigenvalue weighted by atomic mass is 32.2. The number of sulfonamides is 1. The minimum absolute atomic E-state index is 0.0242. The summed E-state index contributed by atoms with van der Waals surface area (Å²) < 4.78 is 29.2. The van der Waals surface area contributed by atoms with Gasteiger partial charge in [0.15, 0.2) is 0 Å². The van der Waals surface area contributed by atoms with E-state index in [-0.39, 0.29) is 11.7 Å². The zero-order chi connectivity index (χ0) is 20.6. The Balaban J connectivity index is 1.33. The van der Waals surface area contributed by atoms with Crippen molar-refractivity contribution in [1.82, 2.24) is 29.4 Å². The van der Waals surface area contributed by atoms with Gasteiger partial charge in [-0.05, 0) is 48.7 Å². The van der Waals surface area contributed by atoms with Gasteiger partial charge in [0.2, 0.25) is 21.1 Å². The largest absolute Gasteiger partial charge is 0.339 e. The van der Waals surface area contributed by atoms with Crippen LogP contribution in [0.5, 0.6) is 0 Å². The van der Waals surface area contributed by atoms with Gasteiger partial charge >= 0.3 is 0 Å². The Labute approximate surface area is 174 Å². The minimum Gasteiger partial charge on any atom is -0.339 e. The molecule has 9 nitrogen and oxygen atoms in total. The van der Waals surface area contributed by atoms with Gasteiger partial charge in [0.1, 0.15) is 0 Å². The summed E-state index contributed by atoms with van der Waals surface area (Å²) in [5.74, 6) is 0.223. The van der Waals surface area contributed by atoms with E-state index in [1.54, 1.807) is 15.6 Å². The number of nitrogens with zero attached hydrogens (tertiary/aromatic N) is 6. The lowest BCUT2D eigenvalue weighted by molar-refractivity contribution is -0.129. The second-order valence-corrected chi connectivity index (χ2v) is 10.3. The molecule has 1 amide bonds. The maximum atomic E-state index is 13.0. The summed E-state index contributed by atoms with van der Waals surface area (Å²) in [6.45, 7) is 5.12. The van der Waals surface area contributed by atoms with Crippen molar-refractivity contribution in [2.45, 2.75) is 42.8 Å². The molecule has 156 valence electrons. The predicted molar refractivity (Wildman–Crippen MR) is 108 cm³/mol. The molecule has 1 aliphatic heterocycles. The molecule has 1 aromatic heterocycles. The summed E-state index contributed by atoms with van der Waals surface area (Å²) in [6.07, 6.45) is 2.15. The average Bonchev–Trinajstić information content (AvgIpc) is 3.43. The van der Waals surface area contributed by atoms with Crippen molar-refractivity contribution in [2.75, 3.05) is 31.9 Å². The zero-order valence-electron chi connectivity index (χ0n) is 16.5. The number of thioether (sulfide) groups is 1. The summed E-state index contributed by atoms with van der Waals surface area (Å²) in [5.41, 5.74) is 1.77. The Bertz CT molecular complexity index is 1010. The van der Waals surface area contributed by atoms with Gasteiger partial charge in [-0.2, -0.15) is 4.31 Å². The van der Waals surface area contributed by atoms with Crippen LogP contribution in [0.15, 0.2) is 28.3 Å². The van der Waals surface area contributed by atoms with Crippen LogP contribution in [0.2, 0.25) is 0 Å². The predicted octanol–water partition coefficient (Wildman–Crippen LogP) is 1.25. The fourth-order valence-corrected chi connectivity index (χ4v) is 5.93. The van der Waals surface area contributed by atoms with Crippen molar-refractivity contribution in [2.24, 2.45) is 0 Å². The number of piperazine rings is 1. The molecule has 0 radical (unpaired) electrons. The van der Waals surface area contributed by atoms with E-state index in [9.17, 15) is 13.2 Å². The average molecular weight is 437 g/mol. The summed E-state index contributed by atoms with van der Waals surface area (Å²) in [4.78, 5) is 14.6. The van der Waals surface area contributed by atoms with Crippen LogP contribution in [-0.4, -0.2) is 75.7 Å². The Hall–Kier alpha value is -1.98. The SMILES string of the molecule is Cc1ccc(S(=O)(=O)N2CCN(C(=O)CSc3nnnn3C3CC3)CC2)c(C)c1. The molecule has 2 fully saturated rings. The molecule has 29 heavy (non-hydrogen) atoms. The van der Waals surface area contributed by atoms with Gasteiger partial charge in [-0.15, -0.1) is 5.10 Å². The lowest BCUT2D eigenvalue weighted by Gasteiger charge is -2.34. The molecule has 1 aliphatic carbocycles. The van der Waals surface area contributed by atoms with Crippen LogP contribution in [0.25, 0.3) is 0 Å². The maximum Gasteiger partial charge on any atom is 0.243 e. The Morgan fingerprint density at radius 1 is 1.17 bits per heavy atom.